The zero-order chi connectivity index (χ0) is 17.6. The zero-order valence-electron chi connectivity index (χ0n) is 14.9. The summed E-state index contributed by atoms with van der Waals surface area (Å²) in [5, 5.41) is 0. The first kappa shape index (κ1) is 22.4. The Morgan fingerprint density at radius 1 is 0.913 bits per heavy atom. The van der Waals surface area contributed by atoms with Crippen LogP contribution >= 0.6 is 0 Å². The van der Waals surface area contributed by atoms with E-state index in [1.54, 1.807) is 0 Å². The Bertz CT molecular complexity index is 395. The van der Waals surface area contributed by atoms with Crippen LogP contribution in [-0.2, 0) is 19.1 Å². The molecular weight excluding hydrogens is 314 g/mol. The minimum Gasteiger partial charge on any atom is -0.370 e. The van der Waals surface area contributed by atoms with Crippen molar-refractivity contribution < 1.29 is 17.4 Å². The van der Waals surface area contributed by atoms with Gasteiger partial charge in [-0.15, -0.1) is 0 Å². The van der Waals surface area contributed by atoms with Crippen LogP contribution in [0.25, 0.3) is 0 Å². The van der Waals surface area contributed by atoms with E-state index >= 15 is 0 Å². The van der Waals surface area contributed by atoms with Gasteiger partial charge in [-0.25, -0.2) is 0 Å². The van der Waals surface area contributed by atoms with Gasteiger partial charge in [-0.2, -0.15) is 8.42 Å². The van der Waals surface area contributed by atoms with Crippen molar-refractivity contribution in [1.82, 2.24) is 0 Å². The summed E-state index contributed by atoms with van der Waals surface area (Å²) in [5.74, 6) is -0.526. The summed E-state index contributed by atoms with van der Waals surface area (Å²) in [5.41, 5.74) is 5.13. The van der Waals surface area contributed by atoms with Gasteiger partial charge in [-0.3, -0.25) is 8.98 Å². The number of nitrogens with two attached hydrogens (primary N) is 1. The Balaban J connectivity index is 3.60. The molecule has 1 atom stereocenters. The number of amides is 1. The summed E-state index contributed by atoms with van der Waals surface area (Å²) < 4.78 is 27.2. The van der Waals surface area contributed by atoms with Crippen molar-refractivity contribution in [3.05, 3.63) is 0 Å². The minimum atomic E-state index is -3.54. The Hall–Kier alpha value is -0.620. The number of carbonyl (C=O) groups excluding carboxylic acids is 1. The fraction of sp³-hybridized carbons (Fsp3) is 0.941. The third kappa shape index (κ3) is 17.6. The third-order valence-corrected chi connectivity index (χ3v) is 4.49. The van der Waals surface area contributed by atoms with E-state index in [-0.39, 0.29) is 6.42 Å². The van der Waals surface area contributed by atoms with E-state index in [0.29, 0.717) is 6.42 Å². The van der Waals surface area contributed by atoms with Crippen molar-refractivity contribution >= 4 is 16.0 Å². The molecular formula is C17H35NO4S. The predicted octanol–water partition coefficient (Wildman–Crippen LogP) is 3.91. The van der Waals surface area contributed by atoms with Gasteiger partial charge in [-0.05, 0) is 6.42 Å². The van der Waals surface area contributed by atoms with Crippen LogP contribution in [0.15, 0.2) is 0 Å². The van der Waals surface area contributed by atoms with Crippen molar-refractivity contribution in [2.75, 3.05) is 6.26 Å². The SMILES string of the molecule is CCCCCCCCCCCCCC(CC(N)=O)OS(C)(=O)=O. The fourth-order valence-electron chi connectivity index (χ4n) is 2.69. The van der Waals surface area contributed by atoms with Crippen LogP contribution in [0.2, 0.25) is 0 Å². The molecule has 0 aromatic heterocycles. The Morgan fingerprint density at radius 2 is 1.35 bits per heavy atom. The maximum atomic E-state index is 11.2. The molecule has 0 rings (SSSR count). The molecule has 0 heterocycles. The first-order valence-electron chi connectivity index (χ1n) is 9.01. The molecule has 2 N–H and O–H groups in total. The monoisotopic (exact) mass is 349 g/mol. The second-order valence-corrected chi connectivity index (χ2v) is 8.02. The number of carbonyl (C=O) groups is 1. The first-order chi connectivity index (χ1) is 10.8. The van der Waals surface area contributed by atoms with Gasteiger partial charge in [-0.1, -0.05) is 77.6 Å². The molecule has 0 aliphatic heterocycles. The zero-order valence-corrected chi connectivity index (χ0v) is 15.7. The van der Waals surface area contributed by atoms with Gasteiger partial charge < -0.3 is 5.73 Å². The highest BCUT2D eigenvalue weighted by atomic mass is 32.2. The molecule has 23 heavy (non-hydrogen) atoms. The molecule has 0 aliphatic carbocycles. The number of hydrogen-bond donors (Lipinski definition) is 1. The molecule has 0 bridgehead atoms. The third-order valence-electron chi connectivity index (χ3n) is 3.87. The van der Waals surface area contributed by atoms with Crippen LogP contribution in [0.5, 0.6) is 0 Å². The average molecular weight is 350 g/mol. The molecule has 0 saturated heterocycles. The topological polar surface area (TPSA) is 86.5 Å². The highest BCUT2D eigenvalue weighted by Crippen LogP contribution is 2.15. The lowest BCUT2D eigenvalue weighted by Crippen LogP contribution is -2.25. The summed E-state index contributed by atoms with van der Waals surface area (Å²) in [6.07, 6.45) is 14.5. The summed E-state index contributed by atoms with van der Waals surface area (Å²) in [6.45, 7) is 2.23. The molecule has 6 heteroatoms. The molecule has 0 aromatic carbocycles. The van der Waals surface area contributed by atoms with E-state index < -0.39 is 22.1 Å². The molecule has 138 valence electrons. The van der Waals surface area contributed by atoms with E-state index in [4.69, 9.17) is 9.92 Å². The smallest absolute Gasteiger partial charge is 0.264 e. The van der Waals surface area contributed by atoms with Gasteiger partial charge in [0.05, 0.1) is 18.8 Å². The normalized spacial score (nSPS) is 13.1. The Labute approximate surface area is 142 Å². The molecule has 0 radical (unpaired) electrons. The maximum Gasteiger partial charge on any atom is 0.264 e. The highest BCUT2D eigenvalue weighted by Gasteiger charge is 2.17. The standard InChI is InChI=1S/C17H35NO4S/c1-3-4-5-6-7-8-9-10-11-12-13-14-16(15-17(18)19)22-23(2,20)21/h16H,3-15H2,1-2H3,(H2,18,19). The molecule has 0 aromatic rings. The van der Waals surface area contributed by atoms with Gasteiger partial charge in [0.25, 0.3) is 10.1 Å². The van der Waals surface area contributed by atoms with Crippen LogP contribution in [0, 0.1) is 0 Å². The highest BCUT2D eigenvalue weighted by molar-refractivity contribution is 7.86. The van der Waals surface area contributed by atoms with Gasteiger partial charge in [0.15, 0.2) is 0 Å². The van der Waals surface area contributed by atoms with Gasteiger partial charge >= 0.3 is 0 Å². The van der Waals surface area contributed by atoms with Crippen LogP contribution in [0.3, 0.4) is 0 Å². The first-order valence-corrected chi connectivity index (χ1v) is 10.8. The number of rotatable bonds is 16. The molecule has 5 nitrogen and oxygen atoms in total. The predicted molar refractivity (Wildman–Crippen MR) is 94.6 cm³/mol. The summed E-state index contributed by atoms with van der Waals surface area (Å²) in [4.78, 5) is 10.9. The Kier molecular flexibility index (Phi) is 13.4. The van der Waals surface area contributed by atoms with Gasteiger partial charge in [0, 0.05) is 0 Å². The van der Waals surface area contributed by atoms with Crippen LogP contribution in [-0.4, -0.2) is 26.7 Å². The summed E-state index contributed by atoms with van der Waals surface area (Å²) in [6, 6.07) is 0. The van der Waals surface area contributed by atoms with Crippen molar-refractivity contribution in [3.63, 3.8) is 0 Å². The number of hydrogen-bond acceptors (Lipinski definition) is 4. The molecule has 1 amide bonds. The minimum absolute atomic E-state index is 0.0369. The number of unbranched alkanes of at least 4 members (excludes halogenated alkanes) is 10. The van der Waals surface area contributed by atoms with E-state index in [9.17, 15) is 13.2 Å². The van der Waals surface area contributed by atoms with Gasteiger partial charge in [0.1, 0.15) is 0 Å². The largest absolute Gasteiger partial charge is 0.370 e. The van der Waals surface area contributed by atoms with Gasteiger partial charge in [0.2, 0.25) is 5.91 Å². The van der Waals surface area contributed by atoms with Crippen molar-refractivity contribution in [2.45, 2.75) is 96.5 Å². The molecule has 0 fully saturated rings. The summed E-state index contributed by atoms with van der Waals surface area (Å²) >= 11 is 0. The van der Waals surface area contributed by atoms with E-state index in [1.807, 2.05) is 0 Å². The average Bonchev–Trinajstić information content (AvgIpc) is 2.42. The quantitative estimate of drug-likeness (QED) is 0.338. The van der Waals surface area contributed by atoms with Crippen molar-refractivity contribution in [2.24, 2.45) is 5.73 Å². The van der Waals surface area contributed by atoms with E-state index in [2.05, 4.69) is 6.92 Å². The van der Waals surface area contributed by atoms with Crippen LogP contribution < -0.4 is 5.73 Å². The number of primary amides is 1. The maximum absolute atomic E-state index is 11.2. The second kappa shape index (κ2) is 13.8. The molecule has 0 spiro atoms. The second-order valence-electron chi connectivity index (χ2n) is 6.42. The molecule has 1 unspecified atom stereocenters. The fourth-order valence-corrected chi connectivity index (χ4v) is 3.35. The molecule has 0 aliphatic rings. The van der Waals surface area contributed by atoms with E-state index in [0.717, 1.165) is 25.5 Å². The van der Waals surface area contributed by atoms with Crippen LogP contribution in [0.1, 0.15) is 90.4 Å². The van der Waals surface area contributed by atoms with Crippen molar-refractivity contribution in [1.29, 1.82) is 0 Å². The Morgan fingerprint density at radius 3 is 1.74 bits per heavy atom. The lowest BCUT2D eigenvalue weighted by Gasteiger charge is -2.14. The van der Waals surface area contributed by atoms with Crippen LogP contribution in [0.4, 0.5) is 0 Å². The van der Waals surface area contributed by atoms with E-state index in [1.165, 1.54) is 51.4 Å². The summed E-state index contributed by atoms with van der Waals surface area (Å²) in [7, 11) is -3.54. The molecule has 0 saturated carbocycles. The lowest BCUT2D eigenvalue weighted by molar-refractivity contribution is -0.119. The van der Waals surface area contributed by atoms with Crippen molar-refractivity contribution in [3.8, 4) is 0 Å². The lowest BCUT2D eigenvalue weighted by atomic mass is 10.0.